The van der Waals surface area contributed by atoms with Gasteiger partial charge in [0, 0.05) is 42.9 Å². The highest BCUT2D eigenvalue weighted by Crippen LogP contribution is 2.37. The van der Waals surface area contributed by atoms with Gasteiger partial charge < -0.3 is 14.0 Å². The second-order valence-corrected chi connectivity index (χ2v) is 5.94. The molecular formula is C18H25ClN2O2. The largest absolute Gasteiger partial charge is 0.497 e. The van der Waals surface area contributed by atoms with Crippen molar-refractivity contribution in [2.75, 3.05) is 20.8 Å². The number of hydrogen-bond donors (Lipinski definition) is 0. The maximum absolute atomic E-state index is 6.51. The highest BCUT2D eigenvalue weighted by atomic mass is 35.5. The molecule has 1 heterocycles. The molecule has 0 N–H and O–H groups in total. The van der Waals surface area contributed by atoms with Crippen molar-refractivity contribution in [2.45, 2.75) is 38.6 Å². The first-order valence-electron chi connectivity index (χ1n) is 8.00. The normalized spacial score (nSPS) is 13.8. The van der Waals surface area contributed by atoms with E-state index in [2.05, 4.69) is 23.4 Å². The van der Waals surface area contributed by atoms with Crippen LogP contribution in [0.5, 0.6) is 5.75 Å². The molecule has 0 amide bonds. The van der Waals surface area contributed by atoms with Crippen molar-refractivity contribution < 1.29 is 9.47 Å². The fraction of sp³-hybridized carbons (Fsp3) is 0.500. The highest BCUT2D eigenvalue weighted by molar-refractivity contribution is 6.31. The number of aryl methyl sites for hydroxylation is 1. The van der Waals surface area contributed by atoms with Gasteiger partial charge in [-0.1, -0.05) is 31.5 Å². The number of methoxy groups -OCH3 is 2. The molecule has 2 unspecified atom stereocenters. The Morgan fingerprint density at radius 2 is 2.04 bits per heavy atom. The van der Waals surface area contributed by atoms with Crippen molar-refractivity contribution in [3.05, 3.63) is 47.0 Å². The molecule has 126 valence electrons. The molecule has 0 aliphatic heterocycles. The lowest BCUT2D eigenvalue weighted by atomic mass is 9.90. The Labute approximate surface area is 143 Å². The number of benzene rings is 1. The molecular weight excluding hydrogens is 312 g/mol. The van der Waals surface area contributed by atoms with Crippen LogP contribution in [0.15, 0.2) is 30.6 Å². The highest BCUT2D eigenvalue weighted by Gasteiger charge is 2.26. The molecule has 0 radical (unpaired) electrons. The van der Waals surface area contributed by atoms with Crippen molar-refractivity contribution in [2.24, 2.45) is 0 Å². The number of imidazole rings is 1. The molecule has 0 bridgehead atoms. The molecule has 2 aromatic rings. The number of rotatable bonds is 8. The fourth-order valence-corrected chi connectivity index (χ4v) is 3.43. The zero-order valence-electron chi connectivity index (χ0n) is 14.3. The maximum atomic E-state index is 6.51. The van der Waals surface area contributed by atoms with Crippen LogP contribution >= 0.6 is 11.6 Å². The van der Waals surface area contributed by atoms with E-state index in [1.54, 1.807) is 14.2 Å². The van der Waals surface area contributed by atoms with Gasteiger partial charge in [0.2, 0.25) is 0 Å². The summed E-state index contributed by atoms with van der Waals surface area (Å²) in [4.78, 5) is 4.46. The third kappa shape index (κ3) is 3.88. The third-order valence-corrected chi connectivity index (χ3v) is 4.59. The van der Waals surface area contributed by atoms with Gasteiger partial charge in [-0.05, 0) is 24.1 Å². The summed E-state index contributed by atoms with van der Waals surface area (Å²) in [5, 5.41) is 0.711. The maximum Gasteiger partial charge on any atom is 0.120 e. The van der Waals surface area contributed by atoms with Crippen LogP contribution in [-0.4, -0.2) is 30.4 Å². The van der Waals surface area contributed by atoms with Crippen LogP contribution in [-0.2, 0) is 11.2 Å². The Morgan fingerprint density at radius 1 is 1.26 bits per heavy atom. The molecule has 0 saturated heterocycles. The van der Waals surface area contributed by atoms with Gasteiger partial charge in [-0.3, -0.25) is 0 Å². The molecule has 23 heavy (non-hydrogen) atoms. The van der Waals surface area contributed by atoms with E-state index in [4.69, 9.17) is 21.1 Å². The molecule has 4 nitrogen and oxygen atoms in total. The van der Waals surface area contributed by atoms with Gasteiger partial charge in [-0.15, -0.1) is 0 Å². The van der Waals surface area contributed by atoms with Gasteiger partial charge in [-0.2, -0.15) is 0 Å². The van der Waals surface area contributed by atoms with E-state index in [0.717, 1.165) is 30.0 Å². The zero-order chi connectivity index (χ0) is 16.8. The van der Waals surface area contributed by atoms with Crippen molar-refractivity contribution in [1.29, 1.82) is 0 Å². The topological polar surface area (TPSA) is 36.3 Å². The van der Waals surface area contributed by atoms with Crippen molar-refractivity contribution in [3.8, 4) is 5.75 Å². The molecule has 0 aliphatic carbocycles. The van der Waals surface area contributed by atoms with Crippen LogP contribution < -0.4 is 4.74 Å². The average molecular weight is 337 g/mol. The van der Waals surface area contributed by atoms with Gasteiger partial charge in [0.25, 0.3) is 0 Å². The van der Waals surface area contributed by atoms with Gasteiger partial charge in [0.05, 0.1) is 13.7 Å². The predicted octanol–water partition coefficient (Wildman–Crippen LogP) is 4.49. The van der Waals surface area contributed by atoms with Gasteiger partial charge >= 0.3 is 0 Å². The molecule has 2 atom stereocenters. The summed E-state index contributed by atoms with van der Waals surface area (Å²) < 4.78 is 13.0. The Kier molecular flexibility index (Phi) is 6.48. The van der Waals surface area contributed by atoms with Crippen LogP contribution in [0.3, 0.4) is 0 Å². The second-order valence-electron chi connectivity index (χ2n) is 5.53. The summed E-state index contributed by atoms with van der Waals surface area (Å²) in [6.45, 7) is 4.91. The molecule has 1 aromatic carbocycles. The Hall–Kier alpha value is -1.52. The lowest BCUT2D eigenvalue weighted by molar-refractivity contribution is 0.154. The van der Waals surface area contributed by atoms with E-state index in [1.165, 1.54) is 0 Å². The monoisotopic (exact) mass is 336 g/mol. The smallest absolute Gasteiger partial charge is 0.120 e. The summed E-state index contributed by atoms with van der Waals surface area (Å²) >= 11 is 6.51. The molecule has 0 fully saturated rings. The Balaban J connectivity index is 2.43. The first-order valence-corrected chi connectivity index (χ1v) is 8.38. The summed E-state index contributed by atoms with van der Waals surface area (Å²) in [5.41, 5.74) is 1.08. The minimum atomic E-state index is 0.155. The lowest BCUT2D eigenvalue weighted by Gasteiger charge is -2.29. The molecule has 2 rings (SSSR count). The Morgan fingerprint density at radius 3 is 2.61 bits per heavy atom. The summed E-state index contributed by atoms with van der Waals surface area (Å²) in [7, 11) is 3.37. The first kappa shape index (κ1) is 17.8. The number of aromatic nitrogens is 2. The summed E-state index contributed by atoms with van der Waals surface area (Å²) in [6, 6.07) is 6.10. The average Bonchev–Trinajstić information content (AvgIpc) is 3.03. The van der Waals surface area contributed by atoms with Gasteiger partial charge in [0.1, 0.15) is 11.6 Å². The van der Waals surface area contributed by atoms with Crippen molar-refractivity contribution in [1.82, 2.24) is 9.55 Å². The quantitative estimate of drug-likeness (QED) is 0.712. The van der Waals surface area contributed by atoms with E-state index in [-0.39, 0.29) is 12.0 Å². The summed E-state index contributed by atoms with van der Waals surface area (Å²) in [5.74, 6) is 2.00. The first-order chi connectivity index (χ1) is 11.2. The van der Waals surface area contributed by atoms with Crippen LogP contribution in [0.4, 0.5) is 0 Å². The molecule has 0 aliphatic rings. The van der Waals surface area contributed by atoms with Crippen LogP contribution in [0.1, 0.15) is 43.6 Å². The lowest BCUT2D eigenvalue weighted by Crippen LogP contribution is -2.22. The van der Waals surface area contributed by atoms with E-state index >= 15 is 0 Å². The van der Waals surface area contributed by atoms with Crippen LogP contribution in [0.25, 0.3) is 0 Å². The van der Waals surface area contributed by atoms with Gasteiger partial charge in [-0.25, -0.2) is 4.98 Å². The molecule has 0 spiro atoms. The standard InChI is InChI=1S/C18H25ClN2O2/c1-5-17(21-10-9-20-18(21)6-2)15(12-22-3)14-8-7-13(23-4)11-16(14)19/h7-11,15,17H,5-6,12H2,1-4H3. The second kappa shape index (κ2) is 8.37. The SMILES string of the molecule is CCc1nccn1C(CC)C(COC)c1ccc(OC)cc1Cl. The number of nitrogens with zero attached hydrogens (tertiary/aromatic N) is 2. The minimum absolute atomic E-state index is 0.155. The number of halogens is 1. The van der Waals surface area contributed by atoms with Crippen molar-refractivity contribution in [3.63, 3.8) is 0 Å². The molecule has 1 aromatic heterocycles. The van der Waals surface area contributed by atoms with E-state index in [1.807, 2.05) is 30.6 Å². The van der Waals surface area contributed by atoms with Crippen LogP contribution in [0.2, 0.25) is 5.02 Å². The predicted molar refractivity (Wildman–Crippen MR) is 93.6 cm³/mol. The van der Waals surface area contributed by atoms with E-state index in [9.17, 15) is 0 Å². The fourth-order valence-electron chi connectivity index (χ4n) is 3.12. The molecule has 5 heteroatoms. The zero-order valence-corrected chi connectivity index (χ0v) is 15.0. The minimum Gasteiger partial charge on any atom is -0.497 e. The van der Waals surface area contributed by atoms with Gasteiger partial charge in [0.15, 0.2) is 0 Å². The molecule has 0 saturated carbocycles. The number of ether oxygens (including phenoxy) is 2. The van der Waals surface area contributed by atoms with E-state index in [0.29, 0.717) is 11.6 Å². The number of hydrogen-bond acceptors (Lipinski definition) is 3. The van der Waals surface area contributed by atoms with Crippen molar-refractivity contribution >= 4 is 11.6 Å². The third-order valence-electron chi connectivity index (χ3n) is 4.26. The summed E-state index contributed by atoms with van der Waals surface area (Å²) in [6.07, 6.45) is 5.79. The van der Waals surface area contributed by atoms with E-state index < -0.39 is 0 Å². The van der Waals surface area contributed by atoms with Crippen LogP contribution in [0, 0.1) is 0 Å². The Bertz CT molecular complexity index is 627.